The molecule has 0 aliphatic rings. The van der Waals surface area contributed by atoms with Crippen molar-refractivity contribution in [3.8, 4) is 6.07 Å². The molecule has 0 saturated carbocycles. The molecule has 0 heterocycles. The highest BCUT2D eigenvalue weighted by Gasteiger charge is 2.04. The van der Waals surface area contributed by atoms with E-state index >= 15 is 0 Å². The van der Waals surface area contributed by atoms with Gasteiger partial charge < -0.3 is 10.4 Å². The monoisotopic (exact) mass is 204 g/mol. The van der Waals surface area contributed by atoms with Gasteiger partial charge in [-0.2, -0.15) is 5.26 Å². The first-order valence-corrected chi connectivity index (χ1v) is 4.54. The lowest BCUT2D eigenvalue weighted by molar-refractivity contribution is -0.115. The largest absolute Gasteiger partial charge is 0.392 e. The highest BCUT2D eigenvalue weighted by atomic mass is 16.3. The Morgan fingerprint density at radius 1 is 1.60 bits per heavy atom. The molecule has 78 valence electrons. The third-order valence-electron chi connectivity index (χ3n) is 2.00. The first-order chi connectivity index (χ1) is 7.17. The predicted octanol–water partition coefficient (Wildman–Crippen LogP) is 1.34. The van der Waals surface area contributed by atoms with E-state index in [2.05, 4.69) is 5.32 Å². The number of carbonyl (C=O) groups is 1. The van der Waals surface area contributed by atoms with Crippen molar-refractivity contribution in [2.75, 3.05) is 5.32 Å². The summed E-state index contributed by atoms with van der Waals surface area (Å²) in [6.07, 6.45) is -0.164. The van der Waals surface area contributed by atoms with Gasteiger partial charge in [0, 0.05) is 5.69 Å². The van der Waals surface area contributed by atoms with Gasteiger partial charge in [-0.05, 0) is 24.1 Å². The molecule has 0 saturated heterocycles. The molecule has 1 amide bonds. The molecular weight excluding hydrogens is 192 g/mol. The van der Waals surface area contributed by atoms with Crippen LogP contribution in [-0.2, 0) is 11.4 Å². The molecule has 0 unspecified atom stereocenters. The van der Waals surface area contributed by atoms with E-state index in [0.29, 0.717) is 5.69 Å². The van der Waals surface area contributed by atoms with Crippen LogP contribution in [0.25, 0.3) is 0 Å². The average molecular weight is 204 g/mol. The maximum absolute atomic E-state index is 11.2. The van der Waals surface area contributed by atoms with Crippen molar-refractivity contribution >= 4 is 11.6 Å². The summed E-state index contributed by atoms with van der Waals surface area (Å²) in [5, 5.41) is 19.9. The zero-order valence-electron chi connectivity index (χ0n) is 8.45. The molecule has 1 rings (SSSR count). The quantitative estimate of drug-likeness (QED) is 0.780. The van der Waals surface area contributed by atoms with E-state index in [9.17, 15) is 4.79 Å². The van der Waals surface area contributed by atoms with Gasteiger partial charge in [0.25, 0.3) is 0 Å². The van der Waals surface area contributed by atoms with Crippen LogP contribution in [0.1, 0.15) is 17.5 Å². The van der Waals surface area contributed by atoms with E-state index in [4.69, 9.17) is 10.4 Å². The average Bonchev–Trinajstić information content (AvgIpc) is 2.21. The molecule has 0 fully saturated rings. The van der Waals surface area contributed by atoms with Crippen LogP contribution >= 0.6 is 0 Å². The maximum Gasteiger partial charge on any atom is 0.238 e. The summed E-state index contributed by atoms with van der Waals surface area (Å²) in [6, 6.07) is 7.07. The van der Waals surface area contributed by atoms with Crippen LogP contribution in [0, 0.1) is 18.3 Å². The van der Waals surface area contributed by atoms with Crippen LogP contribution < -0.4 is 5.32 Å². The summed E-state index contributed by atoms with van der Waals surface area (Å²) in [5.41, 5.74) is 2.27. The van der Waals surface area contributed by atoms with E-state index in [1.165, 1.54) is 0 Å². The van der Waals surface area contributed by atoms with E-state index in [1.807, 2.05) is 13.0 Å². The molecule has 1 aromatic rings. The van der Waals surface area contributed by atoms with Gasteiger partial charge in [0.2, 0.25) is 5.91 Å². The Labute approximate surface area is 88.2 Å². The van der Waals surface area contributed by atoms with Crippen LogP contribution in [0.5, 0.6) is 0 Å². The summed E-state index contributed by atoms with van der Waals surface area (Å²) in [5.74, 6) is -0.337. The molecule has 15 heavy (non-hydrogen) atoms. The molecule has 0 aliphatic heterocycles. The number of amides is 1. The van der Waals surface area contributed by atoms with Crippen molar-refractivity contribution < 1.29 is 9.90 Å². The van der Waals surface area contributed by atoms with E-state index in [-0.39, 0.29) is 18.9 Å². The zero-order chi connectivity index (χ0) is 11.3. The van der Waals surface area contributed by atoms with Crippen molar-refractivity contribution in [1.29, 1.82) is 5.26 Å². The lowest BCUT2D eigenvalue weighted by atomic mass is 10.1. The lowest BCUT2D eigenvalue weighted by Crippen LogP contribution is -2.11. The molecule has 4 heteroatoms. The number of hydrogen-bond donors (Lipinski definition) is 2. The SMILES string of the molecule is Cc1ccc(CO)cc1NC(=O)CC#N. The fourth-order valence-electron chi connectivity index (χ4n) is 1.17. The molecule has 0 bridgehead atoms. The lowest BCUT2D eigenvalue weighted by Gasteiger charge is -2.08. The number of benzene rings is 1. The van der Waals surface area contributed by atoms with Crippen LogP contribution in [0.4, 0.5) is 5.69 Å². The Bertz CT molecular complexity index is 408. The van der Waals surface area contributed by atoms with Crippen LogP contribution in [0.15, 0.2) is 18.2 Å². The van der Waals surface area contributed by atoms with Gasteiger partial charge in [-0.3, -0.25) is 4.79 Å². The summed E-state index contributed by atoms with van der Waals surface area (Å²) < 4.78 is 0. The maximum atomic E-state index is 11.2. The number of aryl methyl sites for hydroxylation is 1. The molecule has 0 spiro atoms. The molecule has 0 aliphatic carbocycles. The Morgan fingerprint density at radius 3 is 2.93 bits per heavy atom. The Kier molecular flexibility index (Phi) is 3.83. The van der Waals surface area contributed by atoms with Crippen LogP contribution in [-0.4, -0.2) is 11.0 Å². The number of anilines is 1. The van der Waals surface area contributed by atoms with Gasteiger partial charge in [-0.1, -0.05) is 12.1 Å². The second kappa shape index (κ2) is 5.13. The highest BCUT2D eigenvalue weighted by Crippen LogP contribution is 2.17. The van der Waals surface area contributed by atoms with Crippen molar-refractivity contribution in [3.63, 3.8) is 0 Å². The predicted molar refractivity (Wildman–Crippen MR) is 56.0 cm³/mol. The van der Waals surface area contributed by atoms with E-state index in [0.717, 1.165) is 11.1 Å². The number of nitrogens with one attached hydrogen (secondary N) is 1. The van der Waals surface area contributed by atoms with Crippen molar-refractivity contribution in [3.05, 3.63) is 29.3 Å². The normalized spacial score (nSPS) is 9.40. The van der Waals surface area contributed by atoms with Gasteiger partial charge in [0.05, 0.1) is 12.7 Å². The van der Waals surface area contributed by atoms with Crippen LogP contribution in [0.3, 0.4) is 0 Å². The third kappa shape index (κ3) is 3.08. The number of hydrogen-bond acceptors (Lipinski definition) is 3. The number of nitrogens with zero attached hydrogens (tertiary/aromatic N) is 1. The molecular formula is C11H12N2O2. The third-order valence-corrected chi connectivity index (χ3v) is 2.00. The zero-order valence-corrected chi connectivity index (χ0v) is 8.45. The smallest absolute Gasteiger partial charge is 0.238 e. The molecule has 2 N–H and O–H groups in total. The first kappa shape index (κ1) is 11.2. The molecule has 4 nitrogen and oxygen atoms in total. The minimum Gasteiger partial charge on any atom is -0.392 e. The molecule has 0 atom stereocenters. The Balaban J connectivity index is 2.84. The van der Waals surface area contributed by atoms with Crippen molar-refractivity contribution in [2.45, 2.75) is 20.0 Å². The van der Waals surface area contributed by atoms with E-state index in [1.54, 1.807) is 18.2 Å². The topological polar surface area (TPSA) is 73.1 Å². The van der Waals surface area contributed by atoms with Crippen molar-refractivity contribution in [2.24, 2.45) is 0 Å². The van der Waals surface area contributed by atoms with Gasteiger partial charge >= 0.3 is 0 Å². The van der Waals surface area contributed by atoms with Gasteiger partial charge in [0.1, 0.15) is 6.42 Å². The Hall–Kier alpha value is -1.86. The molecule has 1 aromatic carbocycles. The summed E-state index contributed by atoms with van der Waals surface area (Å²) in [4.78, 5) is 11.2. The summed E-state index contributed by atoms with van der Waals surface area (Å²) >= 11 is 0. The minimum absolute atomic E-state index is 0.0681. The molecule has 0 aromatic heterocycles. The summed E-state index contributed by atoms with van der Waals surface area (Å²) in [7, 11) is 0. The second-order valence-corrected chi connectivity index (χ2v) is 3.19. The number of nitriles is 1. The first-order valence-electron chi connectivity index (χ1n) is 4.54. The second-order valence-electron chi connectivity index (χ2n) is 3.19. The standard InChI is InChI=1S/C11H12N2O2/c1-8-2-3-9(7-14)6-10(8)13-11(15)4-5-12/h2-3,6,14H,4,7H2,1H3,(H,13,15). The van der Waals surface area contributed by atoms with Gasteiger partial charge in [-0.25, -0.2) is 0 Å². The number of carbonyl (C=O) groups excluding carboxylic acids is 1. The van der Waals surface area contributed by atoms with Gasteiger partial charge in [0.15, 0.2) is 0 Å². The number of aliphatic hydroxyl groups is 1. The fourth-order valence-corrected chi connectivity index (χ4v) is 1.17. The fraction of sp³-hybridized carbons (Fsp3) is 0.273. The Morgan fingerprint density at radius 2 is 2.33 bits per heavy atom. The number of rotatable bonds is 3. The number of aliphatic hydroxyl groups excluding tert-OH is 1. The van der Waals surface area contributed by atoms with Crippen LogP contribution in [0.2, 0.25) is 0 Å². The van der Waals surface area contributed by atoms with Crippen molar-refractivity contribution in [1.82, 2.24) is 0 Å². The minimum atomic E-state index is -0.337. The van der Waals surface area contributed by atoms with Gasteiger partial charge in [-0.15, -0.1) is 0 Å². The molecule has 0 radical (unpaired) electrons. The summed E-state index contributed by atoms with van der Waals surface area (Å²) in [6.45, 7) is 1.78. The van der Waals surface area contributed by atoms with E-state index < -0.39 is 0 Å². The highest BCUT2D eigenvalue weighted by molar-refractivity contribution is 5.92.